The first kappa shape index (κ1) is 17.6. The molecule has 6 nitrogen and oxygen atoms in total. The minimum absolute atomic E-state index is 0.162. The smallest absolute Gasteiger partial charge is 0.237 e. The number of carbonyl (C=O) groups excluding carboxylic acids is 1. The van der Waals surface area contributed by atoms with Gasteiger partial charge < -0.3 is 14.5 Å². The van der Waals surface area contributed by atoms with Crippen molar-refractivity contribution in [1.82, 2.24) is 10.2 Å². The average Bonchev–Trinajstić information content (AvgIpc) is 3.32. The van der Waals surface area contributed by atoms with Gasteiger partial charge in [-0.3, -0.25) is 4.79 Å². The van der Waals surface area contributed by atoms with Crippen LogP contribution in [0.3, 0.4) is 0 Å². The second-order valence-corrected chi connectivity index (χ2v) is 8.17. The van der Waals surface area contributed by atoms with E-state index in [2.05, 4.69) is 33.3 Å². The molecule has 2 aromatic rings. The van der Waals surface area contributed by atoms with Crippen molar-refractivity contribution >= 4 is 17.4 Å². The number of amides is 1. The standard InChI is InChI=1S/C22H26N4O2/c1-16-8-9-20(24-23-16)25-12-10-22(11-13-25)18-6-2-3-7-19(18)26(21(22)27)15-17-5-4-14-28-17/h2-3,6-9,17H,4-5,10-15H2,1H3/t17-/m0/s1. The van der Waals surface area contributed by atoms with Crippen LogP contribution >= 0.6 is 0 Å². The van der Waals surface area contributed by atoms with Crippen molar-refractivity contribution in [3.63, 3.8) is 0 Å². The summed E-state index contributed by atoms with van der Waals surface area (Å²) < 4.78 is 5.82. The van der Waals surface area contributed by atoms with Gasteiger partial charge in [-0.2, -0.15) is 5.10 Å². The van der Waals surface area contributed by atoms with Gasteiger partial charge in [0.15, 0.2) is 5.82 Å². The number of aryl methyl sites for hydroxylation is 1. The summed E-state index contributed by atoms with van der Waals surface area (Å²) in [6.07, 6.45) is 3.90. The third-order valence-electron chi connectivity index (χ3n) is 6.50. The van der Waals surface area contributed by atoms with E-state index < -0.39 is 5.41 Å². The fraction of sp³-hybridized carbons (Fsp3) is 0.500. The normalized spacial score (nSPS) is 23.5. The van der Waals surface area contributed by atoms with Crippen LogP contribution in [0.4, 0.5) is 11.5 Å². The molecule has 146 valence electrons. The number of anilines is 2. The summed E-state index contributed by atoms with van der Waals surface area (Å²) in [6, 6.07) is 12.3. The molecule has 0 N–H and O–H groups in total. The maximum atomic E-state index is 13.6. The molecule has 1 amide bonds. The summed E-state index contributed by atoms with van der Waals surface area (Å²) in [5.74, 6) is 1.15. The highest BCUT2D eigenvalue weighted by molar-refractivity contribution is 6.08. The molecule has 2 saturated heterocycles. The van der Waals surface area contributed by atoms with E-state index >= 15 is 0 Å². The van der Waals surface area contributed by atoms with Gasteiger partial charge in [0.05, 0.1) is 23.8 Å². The summed E-state index contributed by atoms with van der Waals surface area (Å²) >= 11 is 0. The van der Waals surface area contributed by atoms with Crippen LogP contribution in [0.5, 0.6) is 0 Å². The Bertz CT molecular complexity index is 868. The molecule has 0 aliphatic carbocycles. The van der Waals surface area contributed by atoms with Gasteiger partial charge in [0.2, 0.25) is 5.91 Å². The van der Waals surface area contributed by atoms with E-state index in [9.17, 15) is 4.79 Å². The summed E-state index contributed by atoms with van der Waals surface area (Å²) in [6.45, 7) is 5.05. The number of piperidine rings is 1. The van der Waals surface area contributed by atoms with Crippen molar-refractivity contribution in [2.45, 2.75) is 44.1 Å². The first-order valence-electron chi connectivity index (χ1n) is 10.3. The lowest BCUT2D eigenvalue weighted by atomic mass is 9.73. The van der Waals surface area contributed by atoms with E-state index in [1.54, 1.807) is 0 Å². The number of aromatic nitrogens is 2. The zero-order chi connectivity index (χ0) is 19.1. The number of hydrogen-bond acceptors (Lipinski definition) is 5. The molecule has 1 aromatic carbocycles. The van der Waals surface area contributed by atoms with Crippen molar-refractivity contribution in [2.24, 2.45) is 0 Å². The quantitative estimate of drug-likeness (QED) is 0.822. The van der Waals surface area contributed by atoms with Gasteiger partial charge in [-0.1, -0.05) is 18.2 Å². The summed E-state index contributed by atoms with van der Waals surface area (Å²) in [5, 5.41) is 8.51. The highest BCUT2D eigenvalue weighted by atomic mass is 16.5. The van der Waals surface area contributed by atoms with Gasteiger partial charge in [0.25, 0.3) is 0 Å². The predicted molar refractivity (Wildman–Crippen MR) is 108 cm³/mol. The topological polar surface area (TPSA) is 58.6 Å². The summed E-state index contributed by atoms with van der Waals surface area (Å²) in [7, 11) is 0. The average molecular weight is 378 g/mol. The maximum Gasteiger partial charge on any atom is 0.237 e. The lowest BCUT2D eigenvalue weighted by Gasteiger charge is -2.39. The van der Waals surface area contributed by atoms with Gasteiger partial charge in [-0.25, -0.2) is 0 Å². The largest absolute Gasteiger partial charge is 0.376 e. The first-order valence-corrected chi connectivity index (χ1v) is 10.3. The van der Waals surface area contributed by atoms with E-state index in [0.29, 0.717) is 6.54 Å². The van der Waals surface area contributed by atoms with Gasteiger partial charge in [-0.05, 0) is 56.4 Å². The second-order valence-electron chi connectivity index (χ2n) is 8.17. The first-order chi connectivity index (χ1) is 13.7. The SMILES string of the molecule is Cc1ccc(N2CCC3(CC2)C(=O)N(C[C@@H]2CCCO2)c2ccccc23)nn1. The van der Waals surface area contributed by atoms with Gasteiger partial charge in [0.1, 0.15) is 0 Å². The molecule has 6 heteroatoms. The molecule has 2 fully saturated rings. The van der Waals surface area contributed by atoms with E-state index in [1.807, 2.05) is 30.0 Å². The monoisotopic (exact) mass is 378 g/mol. The molecule has 1 spiro atoms. The highest BCUT2D eigenvalue weighted by Crippen LogP contribution is 2.48. The molecular formula is C22H26N4O2. The number of fused-ring (bicyclic) bond motifs is 2. The number of ether oxygens (including phenoxy) is 1. The second kappa shape index (κ2) is 6.85. The van der Waals surface area contributed by atoms with Crippen LogP contribution in [0.2, 0.25) is 0 Å². The summed E-state index contributed by atoms with van der Waals surface area (Å²) in [5.41, 5.74) is 2.77. The minimum Gasteiger partial charge on any atom is -0.376 e. The molecule has 1 atom stereocenters. The van der Waals surface area contributed by atoms with Crippen molar-refractivity contribution in [3.05, 3.63) is 47.7 Å². The zero-order valence-corrected chi connectivity index (χ0v) is 16.3. The Morgan fingerprint density at radius 3 is 2.68 bits per heavy atom. The van der Waals surface area contributed by atoms with E-state index in [1.165, 1.54) is 5.56 Å². The van der Waals surface area contributed by atoms with Crippen LogP contribution < -0.4 is 9.80 Å². The number of rotatable bonds is 3. The van der Waals surface area contributed by atoms with Crippen LogP contribution in [0.1, 0.15) is 36.9 Å². The van der Waals surface area contributed by atoms with E-state index in [4.69, 9.17) is 4.74 Å². The molecule has 28 heavy (non-hydrogen) atoms. The number of para-hydroxylation sites is 1. The van der Waals surface area contributed by atoms with Crippen LogP contribution in [0.15, 0.2) is 36.4 Å². The highest BCUT2D eigenvalue weighted by Gasteiger charge is 2.52. The van der Waals surface area contributed by atoms with Gasteiger partial charge in [0, 0.05) is 25.4 Å². The third kappa shape index (κ3) is 2.78. The lowest BCUT2D eigenvalue weighted by Crippen LogP contribution is -2.50. The lowest BCUT2D eigenvalue weighted by molar-refractivity contribution is -0.124. The van der Waals surface area contributed by atoms with Gasteiger partial charge in [-0.15, -0.1) is 5.10 Å². The van der Waals surface area contributed by atoms with Crippen LogP contribution in [-0.2, 0) is 14.9 Å². The van der Waals surface area contributed by atoms with E-state index in [-0.39, 0.29) is 12.0 Å². The third-order valence-corrected chi connectivity index (χ3v) is 6.50. The van der Waals surface area contributed by atoms with Crippen molar-refractivity contribution in [1.29, 1.82) is 0 Å². The molecule has 0 radical (unpaired) electrons. The van der Waals surface area contributed by atoms with Crippen LogP contribution in [0.25, 0.3) is 0 Å². The molecule has 3 aliphatic rings. The Labute approximate surface area is 165 Å². The maximum absolute atomic E-state index is 13.6. The zero-order valence-electron chi connectivity index (χ0n) is 16.3. The van der Waals surface area contributed by atoms with Gasteiger partial charge >= 0.3 is 0 Å². The molecule has 1 aromatic heterocycles. The molecule has 3 aliphatic heterocycles. The molecule has 0 saturated carbocycles. The predicted octanol–water partition coefficient (Wildman–Crippen LogP) is 2.85. The molecule has 5 rings (SSSR count). The molecule has 0 bridgehead atoms. The summed E-state index contributed by atoms with van der Waals surface area (Å²) in [4.78, 5) is 17.9. The number of benzene rings is 1. The minimum atomic E-state index is -0.413. The fourth-order valence-corrected chi connectivity index (χ4v) is 4.93. The van der Waals surface area contributed by atoms with Crippen molar-refractivity contribution in [2.75, 3.05) is 36.0 Å². The number of carbonyl (C=O) groups is 1. The van der Waals surface area contributed by atoms with Crippen LogP contribution in [0, 0.1) is 6.92 Å². The number of nitrogens with zero attached hydrogens (tertiary/aromatic N) is 4. The Balaban J connectivity index is 1.40. The van der Waals surface area contributed by atoms with Crippen LogP contribution in [-0.4, -0.2) is 48.4 Å². The molecular weight excluding hydrogens is 352 g/mol. The Morgan fingerprint density at radius 2 is 1.96 bits per heavy atom. The van der Waals surface area contributed by atoms with E-state index in [0.717, 1.165) is 62.6 Å². The molecule has 0 unspecified atom stereocenters. The van der Waals surface area contributed by atoms with Crippen molar-refractivity contribution in [3.8, 4) is 0 Å². The van der Waals surface area contributed by atoms with Crippen molar-refractivity contribution < 1.29 is 9.53 Å². The Hall–Kier alpha value is -2.47. The fourth-order valence-electron chi connectivity index (χ4n) is 4.93. The Kier molecular flexibility index (Phi) is 4.31. The molecule has 4 heterocycles. The number of hydrogen-bond donors (Lipinski definition) is 0. The Morgan fingerprint density at radius 1 is 1.14 bits per heavy atom.